The summed E-state index contributed by atoms with van der Waals surface area (Å²) in [6.45, 7) is 5.58. The summed E-state index contributed by atoms with van der Waals surface area (Å²) in [5, 5.41) is 0. The number of likely N-dealkylation sites (tertiary alicyclic amines) is 1. The van der Waals surface area contributed by atoms with Crippen molar-refractivity contribution < 1.29 is 13.2 Å². The van der Waals surface area contributed by atoms with Crippen LogP contribution in [0, 0.1) is 5.41 Å². The fourth-order valence-electron chi connectivity index (χ4n) is 2.83. The van der Waals surface area contributed by atoms with Gasteiger partial charge in [0.25, 0.3) is 5.91 Å². The largest absolute Gasteiger partial charge is 0.338 e. The van der Waals surface area contributed by atoms with Gasteiger partial charge in [0.05, 0.1) is 16.2 Å². The van der Waals surface area contributed by atoms with E-state index in [1.165, 1.54) is 6.07 Å². The van der Waals surface area contributed by atoms with Crippen LogP contribution < -0.4 is 5.73 Å². The summed E-state index contributed by atoms with van der Waals surface area (Å²) in [5.74, 6) is -0.162. The van der Waals surface area contributed by atoms with Crippen molar-refractivity contribution in [3.8, 4) is 0 Å². The first-order valence-corrected chi connectivity index (χ1v) is 9.29. The summed E-state index contributed by atoms with van der Waals surface area (Å²) in [5.41, 5.74) is 5.97. The molecular formula is C16H24N2O3S. The van der Waals surface area contributed by atoms with E-state index in [0.29, 0.717) is 26.1 Å². The zero-order valence-electron chi connectivity index (χ0n) is 13.2. The molecule has 1 heterocycles. The predicted molar refractivity (Wildman–Crippen MR) is 86.5 cm³/mol. The van der Waals surface area contributed by atoms with E-state index in [0.717, 1.165) is 6.42 Å². The molecule has 0 bridgehead atoms. The molecule has 122 valence electrons. The summed E-state index contributed by atoms with van der Waals surface area (Å²) in [7, 11) is -3.42. The molecule has 1 aliphatic rings. The number of benzene rings is 1. The number of nitrogens with two attached hydrogens (primary N) is 1. The monoisotopic (exact) mass is 324 g/mol. The maximum absolute atomic E-state index is 12.7. The number of hydrogen-bond donors (Lipinski definition) is 1. The van der Waals surface area contributed by atoms with E-state index in [1.807, 2.05) is 6.92 Å². The van der Waals surface area contributed by atoms with Crippen LogP contribution in [-0.4, -0.2) is 44.6 Å². The van der Waals surface area contributed by atoms with Gasteiger partial charge in [0.2, 0.25) is 0 Å². The normalized spacial score (nSPS) is 22.0. The Bertz CT molecular complexity index is 657. The van der Waals surface area contributed by atoms with E-state index in [4.69, 9.17) is 5.73 Å². The number of amides is 1. The minimum atomic E-state index is -3.42. The van der Waals surface area contributed by atoms with Crippen LogP contribution in [0.1, 0.15) is 37.0 Å². The second kappa shape index (κ2) is 6.38. The van der Waals surface area contributed by atoms with Gasteiger partial charge in [-0.05, 0) is 36.9 Å². The lowest BCUT2D eigenvalue weighted by atomic mass is 9.90. The number of carbonyl (C=O) groups excluding carboxylic acids is 1. The number of rotatable bonds is 5. The van der Waals surface area contributed by atoms with Crippen molar-refractivity contribution in [2.75, 3.05) is 25.4 Å². The third kappa shape index (κ3) is 3.33. The Kier molecular flexibility index (Phi) is 4.92. The first-order valence-electron chi connectivity index (χ1n) is 7.64. The van der Waals surface area contributed by atoms with Crippen molar-refractivity contribution in [3.05, 3.63) is 29.8 Å². The molecule has 0 saturated carbocycles. The average Bonchev–Trinajstić information content (AvgIpc) is 2.90. The van der Waals surface area contributed by atoms with E-state index in [9.17, 15) is 13.2 Å². The molecule has 1 atom stereocenters. The van der Waals surface area contributed by atoms with Crippen LogP contribution in [0.3, 0.4) is 0 Å². The van der Waals surface area contributed by atoms with Crippen molar-refractivity contribution in [2.24, 2.45) is 11.1 Å². The molecule has 0 radical (unpaired) electrons. The van der Waals surface area contributed by atoms with E-state index >= 15 is 0 Å². The highest BCUT2D eigenvalue weighted by atomic mass is 32.2. The van der Waals surface area contributed by atoms with Crippen LogP contribution in [0.25, 0.3) is 0 Å². The third-order valence-electron chi connectivity index (χ3n) is 4.26. The number of nitrogens with zero attached hydrogens (tertiary/aromatic N) is 1. The summed E-state index contributed by atoms with van der Waals surface area (Å²) >= 11 is 0. The average molecular weight is 324 g/mol. The second-order valence-electron chi connectivity index (χ2n) is 6.31. The van der Waals surface area contributed by atoms with Gasteiger partial charge in [-0.25, -0.2) is 8.42 Å². The van der Waals surface area contributed by atoms with Crippen LogP contribution in [0.2, 0.25) is 0 Å². The molecule has 0 aliphatic carbocycles. The minimum Gasteiger partial charge on any atom is -0.338 e. The van der Waals surface area contributed by atoms with Crippen LogP contribution in [0.4, 0.5) is 0 Å². The molecule has 2 rings (SSSR count). The summed E-state index contributed by atoms with van der Waals surface area (Å²) in [6, 6.07) is 6.49. The Morgan fingerprint density at radius 3 is 2.64 bits per heavy atom. The van der Waals surface area contributed by atoms with Gasteiger partial charge in [-0.2, -0.15) is 0 Å². The van der Waals surface area contributed by atoms with Crippen molar-refractivity contribution in [1.82, 2.24) is 4.90 Å². The first-order chi connectivity index (χ1) is 10.3. The van der Waals surface area contributed by atoms with Crippen LogP contribution in [-0.2, 0) is 9.84 Å². The molecule has 1 unspecified atom stereocenters. The highest BCUT2D eigenvalue weighted by Gasteiger charge is 2.36. The predicted octanol–water partition coefficient (Wildman–Crippen LogP) is 1.68. The molecule has 1 aromatic rings. The second-order valence-corrected chi connectivity index (χ2v) is 8.38. The van der Waals surface area contributed by atoms with E-state index in [1.54, 1.807) is 23.1 Å². The van der Waals surface area contributed by atoms with Gasteiger partial charge >= 0.3 is 0 Å². The van der Waals surface area contributed by atoms with Gasteiger partial charge in [-0.1, -0.05) is 26.0 Å². The van der Waals surface area contributed by atoms with Gasteiger partial charge in [0.15, 0.2) is 9.84 Å². The van der Waals surface area contributed by atoms with Gasteiger partial charge in [0, 0.05) is 13.1 Å². The number of hydrogen-bond acceptors (Lipinski definition) is 4. The maximum Gasteiger partial charge on any atom is 0.255 e. The molecular weight excluding hydrogens is 300 g/mol. The zero-order chi connectivity index (χ0) is 16.4. The van der Waals surface area contributed by atoms with Gasteiger partial charge in [-0.3, -0.25) is 4.79 Å². The third-order valence-corrected chi connectivity index (χ3v) is 6.24. The Labute approximate surface area is 132 Å². The Balaban J connectivity index is 2.32. The lowest BCUT2D eigenvalue weighted by molar-refractivity contribution is 0.0773. The maximum atomic E-state index is 12.7. The first kappa shape index (κ1) is 17.0. The minimum absolute atomic E-state index is 0.0534. The van der Waals surface area contributed by atoms with Crippen LogP contribution in [0.5, 0.6) is 0 Å². The SMILES string of the molecule is CCCS(=O)(=O)c1ccccc1C(=O)N1CCC(C)(CN)C1. The topological polar surface area (TPSA) is 80.5 Å². The molecule has 1 aliphatic heterocycles. The number of carbonyl (C=O) groups is 1. The van der Waals surface area contributed by atoms with Crippen molar-refractivity contribution >= 4 is 15.7 Å². The standard InChI is InChI=1S/C16H24N2O3S/c1-3-10-22(20,21)14-7-5-4-6-13(14)15(19)18-9-8-16(2,11-17)12-18/h4-7H,3,8-12,17H2,1-2H3. The van der Waals surface area contributed by atoms with Gasteiger partial charge in [0.1, 0.15) is 0 Å². The molecule has 1 aromatic carbocycles. The van der Waals surface area contributed by atoms with Crippen molar-refractivity contribution in [1.29, 1.82) is 0 Å². The molecule has 1 fully saturated rings. The Morgan fingerprint density at radius 1 is 1.36 bits per heavy atom. The fourth-order valence-corrected chi connectivity index (χ4v) is 4.36. The molecule has 1 saturated heterocycles. The summed E-state index contributed by atoms with van der Waals surface area (Å²) in [4.78, 5) is 14.6. The zero-order valence-corrected chi connectivity index (χ0v) is 14.0. The highest BCUT2D eigenvalue weighted by Crippen LogP contribution is 2.30. The summed E-state index contributed by atoms with van der Waals surface area (Å²) < 4.78 is 24.7. The Morgan fingerprint density at radius 2 is 2.05 bits per heavy atom. The molecule has 5 nitrogen and oxygen atoms in total. The lowest BCUT2D eigenvalue weighted by Gasteiger charge is -2.23. The number of sulfone groups is 1. The molecule has 6 heteroatoms. The van der Waals surface area contributed by atoms with Crippen molar-refractivity contribution in [2.45, 2.75) is 31.6 Å². The van der Waals surface area contributed by atoms with Gasteiger partial charge in [-0.15, -0.1) is 0 Å². The summed E-state index contributed by atoms with van der Waals surface area (Å²) in [6.07, 6.45) is 1.37. The fraction of sp³-hybridized carbons (Fsp3) is 0.562. The van der Waals surface area contributed by atoms with Crippen molar-refractivity contribution in [3.63, 3.8) is 0 Å². The van der Waals surface area contributed by atoms with Gasteiger partial charge < -0.3 is 10.6 Å². The Hall–Kier alpha value is -1.40. The van der Waals surface area contributed by atoms with Crippen LogP contribution >= 0.6 is 0 Å². The molecule has 0 spiro atoms. The molecule has 2 N–H and O–H groups in total. The smallest absolute Gasteiger partial charge is 0.255 e. The quantitative estimate of drug-likeness (QED) is 0.893. The molecule has 22 heavy (non-hydrogen) atoms. The van der Waals surface area contributed by atoms with E-state index in [2.05, 4.69) is 6.92 Å². The van der Waals surface area contributed by atoms with E-state index in [-0.39, 0.29) is 27.5 Å². The lowest BCUT2D eigenvalue weighted by Crippen LogP contribution is -2.35. The highest BCUT2D eigenvalue weighted by molar-refractivity contribution is 7.91. The molecule has 0 aromatic heterocycles. The molecule has 1 amide bonds. The van der Waals surface area contributed by atoms with E-state index < -0.39 is 9.84 Å². The van der Waals surface area contributed by atoms with Crippen LogP contribution in [0.15, 0.2) is 29.2 Å².